The average molecular weight is 233 g/mol. The Morgan fingerprint density at radius 2 is 2.13 bits per heavy atom. The molecule has 0 aliphatic rings. The van der Waals surface area contributed by atoms with Crippen molar-refractivity contribution in [2.75, 3.05) is 24.3 Å². The van der Waals surface area contributed by atoms with Crippen molar-refractivity contribution >= 4 is 15.5 Å². The van der Waals surface area contributed by atoms with Crippen molar-refractivity contribution in [3.05, 3.63) is 24.0 Å². The van der Waals surface area contributed by atoms with E-state index in [1.807, 2.05) is 0 Å². The number of halogens is 1. The third-order valence-corrected chi connectivity index (χ3v) is 2.60. The molecule has 4 nitrogen and oxygen atoms in total. The fourth-order valence-electron chi connectivity index (χ4n) is 0.909. The summed E-state index contributed by atoms with van der Waals surface area (Å²) in [7, 11) is -3.06. The van der Waals surface area contributed by atoms with Gasteiger partial charge in [0, 0.05) is 12.3 Å². The molecule has 0 aliphatic heterocycles. The quantitative estimate of drug-likeness (QED) is 0.782. The number of anilines is 1. The van der Waals surface area contributed by atoms with E-state index in [1.165, 1.54) is 12.1 Å². The third-order valence-electron chi connectivity index (χ3n) is 1.69. The molecule has 0 aliphatic carbocycles. The Morgan fingerprint density at radius 3 is 2.67 bits per heavy atom. The first-order valence-corrected chi connectivity index (χ1v) is 6.30. The summed E-state index contributed by atoms with van der Waals surface area (Å²) in [5, 5.41) is 0. The lowest BCUT2D eigenvalue weighted by Gasteiger charge is -2.05. The first kappa shape index (κ1) is 11.8. The molecule has 0 heterocycles. The lowest BCUT2D eigenvalue weighted by Crippen LogP contribution is -2.12. The van der Waals surface area contributed by atoms with Crippen LogP contribution in [0.4, 0.5) is 10.1 Å². The van der Waals surface area contributed by atoms with Crippen LogP contribution < -0.4 is 10.5 Å². The molecule has 84 valence electrons. The number of sulfone groups is 1. The van der Waals surface area contributed by atoms with E-state index in [-0.39, 0.29) is 23.8 Å². The van der Waals surface area contributed by atoms with Crippen LogP contribution >= 0.6 is 0 Å². The molecule has 6 heteroatoms. The predicted octanol–water partition coefficient (Wildman–Crippen LogP) is 0.831. The summed E-state index contributed by atoms with van der Waals surface area (Å²) in [5.74, 6) is -0.406. The predicted molar refractivity (Wildman–Crippen MR) is 56.0 cm³/mol. The van der Waals surface area contributed by atoms with Crippen LogP contribution in [0.1, 0.15) is 0 Å². The van der Waals surface area contributed by atoms with E-state index in [9.17, 15) is 12.8 Å². The fourth-order valence-corrected chi connectivity index (χ4v) is 1.29. The molecule has 0 fully saturated rings. The molecule has 15 heavy (non-hydrogen) atoms. The Labute approximate surface area is 87.8 Å². The van der Waals surface area contributed by atoms with E-state index >= 15 is 0 Å². The van der Waals surface area contributed by atoms with Gasteiger partial charge < -0.3 is 10.5 Å². The van der Waals surface area contributed by atoms with E-state index in [1.54, 1.807) is 0 Å². The topological polar surface area (TPSA) is 69.4 Å². The van der Waals surface area contributed by atoms with Gasteiger partial charge in [0.1, 0.15) is 18.2 Å². The molecule has 0 saturated heterocycles. The highest BCUT2D eigenvalue weighted by Gasteiger charge is 2.04. The number of hydrogen-bond acceptors (Lipinski definition) is 4. The van der Waals surface area contributed by atoms with Gasteiger partial charge in [-0.05, 0) is 12.1 Å². The first-order valence-electron chi connectivity index (χ1n) is 4.24. The van der Waals surface area contributed by atoms with Crippen molar-refractivity contribution in [3.63, 3.8) is 0 Å². The minimum Gasteiger partial charge on any atom is -0.492 e. The van der Waals surface area contributed by atoms with Gasteiger partial charge in [0.25, 0.3) is 0 Å². The summed E-state index contributed by atoms with van der Waals surface area (Å²) >= 11 is 0. The van der Waals surface area contributed by atoms with Gasteiger partial charge in [-0.2, -0.15) is 0 Å². The van der Waals surface area contributed by atoms with Crippen molar-refractivity contribution in [3.8, 4) is 5.75 Å². The van der Waals surface area contributed by atoms with Gasteiger partial charge in [0.15, 0.2) is 9.84 Å². The van der Waals surface area contributed by atoms with E-state index in [0.29, 0.717) is 0 Å². The Balaban J connectivity index is 2.55. The van der Waals surface area contributed by atoms with Crippen LogP contribution in [0.5, 0.6) is 5.75 Å². The average Bonchev–Trinajstić information content (AvgIpc) is 2.09. The van der Waals surface area contributed by atoms with Gasteiger partial charge in [-0.1, -0.05) is 0 Å². The Bertz CT molecular complexity index is 445. The van der Waals surface area contributed by atoms with E-state index in [2.05, 4.69) is 0 Å². The van der Waals surface area contributed by atoms with Crippen molar-refractivity contribution in [2.24, 2.45) is 0 Å². The molecule has 2 N–H and O–H groups in total. The molecular weight excluding hydrogens is 221 g/mol. The van der Waals surface area contributed by atoms with Gasteiger partial charge in [-0.15, -0.1) is 0 Å². The van der Waals surface area contributed by atoms with Gasteiger partial charge >= 0.3 is 0 Å². The minimum absolute atomic E-state index is 0.00217. The molecule has 0 spiro atoms. The molecule has 0 aromatic heterocycles. The molecule has 0 atom stereocenters. The zero-order valence-corrected chi connectivity index (χ0v) is 9.05. The zero-order chi connectivity index (χ0) is 11.5. The Hall–Kier alpha value is -1.30. The SMILES string of the molecule is CS(=O)(=O)CCOc1ccc(N)c(F)c1. The normalized spacial score (nSPS) is 11.3. The van der Waals surface area contributed by atoms with Crippen molar-refractivity contribution in [1.29, 1.82) is 0 Å². The van der Waals surface area contributed by atoms with Crippen LogP contribution in [0.15, 0.2) is 18.2 Å². The third kappa shape index (κ3) is 4.16. The maximum Gasteiger partial charge on any atom is 0.150 e. The number of hydrogen-bond donors (Lipinski definition) is 1. The largest absolute Gasteiger partial charge is 0.492 e. The molecule has 1 aromatic carbocycles. The molecule has 0 bridgehead atoms. The molecule has 0 unspecified atom stereocenters. The summed E-state index contributed by atoms with van der Waals surface area (Å²) in [5.41, 5.74) is 5.29. The number of ether oxygens (including phenoxy) is 1. The van der Waals surface area contributed by atoms with Gasteiger partial charge in [-0.25, -0.2) is 12.8 Å². The molecule has 1 aromatic rings. The summed E-state index contributed by atoms with van der Waals surface area (Å²) in [6, 6.07) is 3.98. The fraction of sp³-hybridized carbons (Fsp3) is 0.333. The van der Waals surface area contributed by atoms with Gasteiger partial charge in [-0.3, -0.25) is 0 Å². The molecule has 0 radical (unpaired) electrons. The van der Waals surface area contributed by atoms with Crippen molar-refractivity contribution < 1.29 is 17.5 Å². The number of nitrogen functional groups attached to an aromatic ring is 1. The number of benzene rings is 1. The Kier molecular flexibility index (Phi) is 3.52. The minimum atomic E-state index is -3.06. The van der Waals surface area contributed by atoms with Crippen LogP contribution in [0.25, 0.3) is 0 Å². The van der Waals surface area contributed by atoms with E-state index < -0.39 is 15.7 Å². The van der Waals surface area contributed by atoms with E-state index in [0.717, 1.165) is 12.3 Å². The maximum absolute atomic E-state index is 12.9. The summed E-state index contributed by atoms with van der Waals surface area (Å²) in [6.07, 6.45) is 1.11. The van der Waals surface area contributed by atoms with E-state index in [4.69, 9.17) is 10.5 Å². The smallest absolute Gasteiger partial charge is 0.150 e. The van der Waals surface area contributed by atoms with Crippen LogP contribution in [0.2, 0.25) is 0 Å². The van der Waals surface area contributed by atoms with Crippen LogP contribution in [0, 0.1) is 5.82 Å². The summed E-state index contributed by atoms with van der Waals surface area (Å²) in [6.45, 7) is 0.00217. The second-order valence-electron chi connectivity index (χ2n) is 3.16. The maximum atomic E-state index is 12.9. The van der Waals surface area contributed by atoms with Crippen molar-refractivity contribution in [2.45, 2.75) is 0 Å². The molecule has 1 rings (SSSR count). The molecular formula is C9H12FNO3S. The molecule has 0 amide bonds. The van der Waals surface area contributed by atoms with Crippen LogP contribution in [0.3, 0.4) is 0 Å². The highest BCUT2D eigenvalue weighted by atomic mass is 32.2. The number of rotatable bonds is 4. The summed E-state index contributed by atoms with van der Waals surface area (Å²) in [4.78, 5) is 0. The second kappa shape index (κ2) is 4.48. The standard InChI is InChI=1S/C9H12FNO3S/c1-15(12,13)5-4-14-7-2-3-9(11)8(10)6-7/h2-3,6H,4-5,11H2,1H3. The highest BCUT2D eigenvalue weighted by molar-refractivity contribution is 7.90. The van der Waals surface area contributed by atoms with Gasteiger partial charge in [0.2, 0.25) is 0 Å². The van der Waals surface area contributed by atoms with Crippen LogP contribution in [-0.4, -0.2) is 27.0 Å². The Morgan fingerprint density at radius 1 is 1.47 bits per heavy atom. The second-order valence-corrected chi connectivity index (χ2v) is 5.42. The molecule has 0 saturated carbocycles. The van der Waals surface area contributed by atoms with Crippen molar-refractivity contribution in [1.82, 2.24) is 0 Å². The summed E-state index contributed by atoms with van der Waals surface area (Å²) < 4.78 is 39.5. The van der Waals surface area contributed by atoms with Crippen LogP contribution in [-0.2, 0) is 9.84 Å². The highest BCUT2D eigenvalue weighted by Crippen LogP contribution is 2.17. The monoisotopic (exact) mass is 233 g/mol. The lowest BCUT2D eigenvalue weighted by molar-refractivity contribution is 0.339. The first-order chi connectivity index (χ1) is 6.88. The van der Waals surface area contributed by atoms with Gasteiger partial charge in [0.05, 0.1) is 11.4 Å². The number of nitrogens with two attached hydrogens (primary N) is 1. The lowest BCUT2D eigenvalue weighted by atomic mass is 10.3. The zero-order valence-electron chi connectivity index (χ0n) is 8.23.